The van der Waals surface area contributed by atoms with Crippen LogP contribution in [0.25, 0.3) is 22.3 Å². The number of hydrogen-bond acceptors (Lipinski definition) is 6. The average molecular weight is 425 g/mol. The first-order valence-corrected chi connectivity index (χ1v) is 11.3. The third kappa shape index (κ3) is 2.88. The number of anilines is 1. The van der Waals surface area contributed by atoms with Crippen molar-refractivity contribution >= 4 is 16.9 Å². The average Bonchev–Trinajstić information content (AvgIpc) is 3.51. The van der Waals surface area contributed by atoms with E-state index >= 15 is 0 Å². The Kier molecular flexibility index (Phi) is 3.99. The quantitative estimate of drug-likeness (QED) is 0.541. The third-order valence-corrected chi connectivity index (χ3v) is 7.16. The molecule has 7 heteroatoms. The molecular formula is C25H24N6O. The number of fused-ring (bicyclic) bond motifs is 4. The summed E-state index contributed by atoms with van der Waals surface area (Å²) >= 11 is 0. The molecule has 4 aliphatic rings. The van der Waals surface area contributed by atoms with Gasteiger partial charge in [0.2, 0.25) is 0 Å². The number of nitrogens with one attached hydrogen (secondary N) is 1. The van der Waals surface area contributed by atoms with Gasteiger partial charge in [-0.05, 0) is 41.8 Å². The van der Waals surface area contributed by atoms with E-state index in [0.29, 0.717) is 12.1 Å². The van der Waals surface area contributed by atoms with Gasteiger partial charge in [-0.15, -0.1) is 0 Å². The van der Waals surface area contributed by atoms with Crippen LogP contribution in [0, 0.1) is 0 Å². The van der Waals surface area contributed by atoms with Crippen molar-refractivity contribution in [1.29, 1.82) is 0 Å². The first-order chi connectivity index (χ1) is 15.8. The van der Waals surface area contributed by atoms with Gasteiger partial charge in [0.15, 0.2) is 0 Å². The Morgan fingerprint density at radius 1 is 1.03 bits per heavy atom. The van der Waals surface area contributed by atoms with Crippen LogP contribution in [0.1, 0.15) is 17.5 Å². The van der Waals surface area contributed by atoms with Crippen LogP contribution in [0.3, 0.4) is 0 Å². The maximum atomic E-state index is 5.65. The van der Waals surface area contributed by atoms with E-state index in [1.165, 1.54) is 17.5 Å². The van der Waals surface area contributed by atoms with Gasteiger partial charge in [-0.3, -0.25) is 4.90 Å². The van der Waals surface area contributed by atoms with E-state index in [9.17, 15) is 0 Å². The van der Waals surface area contributed by atoms with Crippen molar-refractivity contribution in [1.82, 2.24) is 24.8 Å². The molecule has 0 radical (unpaired) electrons. The zero-order valence-electron chi connectivity index (χ0n) is 17.7. The molecule has 2 unspecified atom stereocenters. The molecule has 8 rings (SSSR count). The Morgan fingerprint density at radius 3 is 2.84 bits per heavy atom. The Bertz CT molecular complexity index is 1290. The lowest BCUT2D eigenvalue weighted by atomic mass is 9.86. The minimum atomic E-state index is 0.598. The van der Waals surface area contributed by atoms with Crippen LogP contribution in [-0.4, -0.2) is 56.6 Å². The predicted molar refractivity (Wildman–Crippen MR) is 123 cm³/mol. The number of aromatic amines is 1. The lowest BCUT2D eigenvalue weighted by molar-refractivity contribution is -0.00869. The fourth-order valence-corrected chi connectivity index (χ4v) is 5.50. The monoisotopic (exact) mass is 424 g/mol. The highest BCUT2D eigenvalue weighted by atomic mass is 16.5. The lowest BCUT2D eigenvalue weighted by Gasteiger charge is -2.56. The normalized spacial score (nSPS) is 21.9. The van der Waals surface area contributed by atoms with Gasteiger partial charge in [0.05, 0.1) is 12.3 Å². The second-order valence-electron chi connectivity index (χ2n) is 9.03. The highest BCUT2D eigenvalue weighted by Crippen LogP contribution is 2.36. The largest absolute Gasteiger partial charge is 0.493 e. The molecule has 7 heterocycles. The van der Waals surface area contributed by atoms with Crippen LogP contribution in [0.4, 0.5) is 5.82 Å². The van der Waals surface area contributed by atoms with Crippen LogP contribution in [-0.2, 0) is 13.0 Å². The number of benzene rings is 1. The smallest absolute Gasteiger partial charge is 0.141 e. The Balaban J connectivity index is 1.06. The molecule has 160 valence electrons. The molecule has 2 atom stereocenters. The van der Waals surface area contributed by atoms with Crippen molar-refractivity contribution in [2.75, 3.05) is 24.6 Å². The molecule has 0 aliphatic carbocycles. The van der Waals surface area contributed by atoms with Crippen molar-refractivity contribution in [3.63, 3.8) is 0 Å². The first kappa shape index (κ1) is 18.2. The minimum Gasteiger partial charge on any atom is -0.493 e. The van der Waals surface area contributed by atoms with Gasteiger partial charge in [-0.2, -0.15) is 0 Å². The summed E-state index contributed by atoms with van der Waals surface area (Å²) in [6, 6.07) is 14.2. The number of piperidine rings is 1. The van der Waals surface area contributed by atoms with Crippen LogP contribution in [0.5, 0.6) is 5.75 Å². The predicted octanol–water partition coefficient (Wildman–Crippen LogP) is 3.42. The van der Waals surface area contributed by atoms with Gasteiger partial charge < -0.3 is 14.6 Å². The summed E-state index contributed by atoms with van der Waals surface area (Å²) < 4.78 is 5.65. The summed E-state index contributed by atoms with van der Waals surface area (Å²) in [4.78, 5) is 21.8. The molecule has 3 fully saturated rings. The van der Waals surface area contributed by atoms with Crippen molar-refractivity contribution < 1.29 is 4.74 Å². The van der Waals surface area contributed by atoms with Crippen LogP contribution < -0.4 is 9.64 Å². The fraction of sp³-hybridized carbons (Fsp3) is 0.320. The number of pyridine rings is 1. The summed E-state index contributed by atoms with van der Waals surface area (Å²) in [6.45, 7) is 3.92. The molecular weight excluding hydrogens is 400 g/mol. The maximum Gasteiger partial charge on any atom is 0.141 e. The van der Waals surface area contributed by atoms with Gasteiger partial charge in [-0.25, -0.2) is 15.0 Å². The van der Waals surface area contributed by atoms with Gasteiger partial charge in [0.25, 0.3) is 0 Å². The van der Waals surface area contributed by atoms with Gasteiger partial charge in [0, 0.05) is 61.5 Å². The second-order valence-corrected chi connectivity index (χ2v) is 9.03. The molecule has 0 saturated carbocycles. The molecule has 32 heavy (non-hydrogen) atoms. The van der Waals surface area contributed by atoms with Gasteiger partial charge in [0.1, 0.15) is 23.5 Å². The summed E-state index contributed by atoms with van der Waals surface area (Å²) in [7, 11) is 0. The molecule has 3 saturated heterocycles. The Labute approximate surface area is 186 Å². The molecule has 2 bridgehead atoms. The van der Waals surface area contributed by atoms with Crippen molar-refractivity contribution in [2.24, 2.45) is 0 Å². The zero-order chi connectivity index (χ0) is 21.1. The summed E-state index contributed by atoms with van der Waals surface area (Å²) in [6.07, 6.45) is 7.76. The number of nitrogens with zero attached hydrogens (tertiary/aromatic N) is 5. The second kappa shape index (κ2) is 7.03. The van der Waals surface area contributed by atoms with Crippen LogP contribution in [0.15, 0.2) is 55.1 Å². The van der Waals surface area contributed by atoms with E-state index < -0.39 is 0 Å². The number of ether oxygens (including phenoxy) is 1. The first-order valence-electron chi connectivity index (χ1n) is 11.3. The van der Waals surface area contributed by atoms with E-state index in [1.54, 1.807) is 6.33 Å². The lowest BCUT2D eigenvalue weighted by Crippen LogP contribution is -2.68. The fourth-order valence-electron chi connectivity index (χ4n) is 5.50. The number of H-pyrrole nitrogens is 1. The van der Waals surface area contributed by atoms with E-state index in [2.05, 4.69) is 55.1 Å². The van der Waals surface area contributed by atoms with Crippen LogP contribution in [0.2, 0.25) is 0 Å². The van der Waals surface area contributed by atoms with Gasteiger partial charge in [-0.1, -0.05) is 12.1 Å². The molecule has 4 aromatic rings. The summed E-state index contributed by atoms with van der Waals surface area (Å²) in [5.74, 6) is 2.12. The van der Waals surface area contributed by atoms with Crippen LogP contribution >= 0.6 is 0 Å². The van der Waals surface area contributed by atoms with Gasteiger partial charge >= 0.3 is 0 Å². The molecule has 4 aliphatic heterocycles. The van der Waals surface area contributed by atoms with E-state index in [0.717, 1.165) is 66.5 Å². The molecule has 1 N–H and O–H groups in total. The molecule has 1 aromatic carbocycles. The minimum absolute atomic E-state index is 0.598. The highest BCUT2D eigenvalue weighted by Gasteiger charge is 2.44. The number of rotatable bonds is 4. The zero-order valence-corrected chi connectivity index (χ0v) is 17.7. The standard InChI is InChI=1S/C25H24N6O/c1-3-22-17(6-8-32-22)9-16(1)12-31-19-10-20(31)14-30(13-19)23-4-2-18(11-27-23)24-21-5-7-26-25(21)29-15-28-24/h1-5,7,9,11,15,19-20H,6,8,10,12-14H2,(H,26,28,29). The Morgan fingerprint density at radius 2 is 1.97 bits per heavy atom. The molecule has 0 spiro atoms. The topological polar surface area (TPSA) is 70.2 Å². The summed E-state index contributed by atoms with van der Waals surface area (Å²) in [5, 5.41) is 1.02. The number of hydrogen-bond donors (Lipinski definition) is 1. The molecule has 7 nitrogen and oxygen atoms in total. The third-order valence-electron chi connectivity index (χ3n) is 7.16. The molecule has 3 aromatic heterocycles. The summed E-state index contributed by atoms with van der Waals surface area (Å²) in [5.41, 5.74) is 5.56. The van der Waals surface area contributed by atoms with Crippen molar-refractivity contribution in [2.45, 2.75) is 31.5 Å². The number of aromatic nitrogens is 4. The highest BCUT2D eigenvalue weighted by molar-refractivity contribution is 5.90. The van der Waals surface area contributed by atoms with E-state index in [1.807, 2.05) is 18.5 Å². The van der Waals surface area contributed by atoms with Crippen molar-refractivity contribution in [3.05, 3.63) is 66.2 Å². The maximum absolute atomic E-state index is 5.65. The van der Waals surface area contributed by atoms with E-state index in [4.69, 9.17) is 9.72 Å². The van der Waals surface area contributed by atoms with E-state index in [-0.39, 0.29) is 0 Å². The Hall–Kier alpha value is -3.45. The number of piperazine rings is 1. The molecule has 0 amide bonds. The SMILES string of the molecule is c1nc(-c2ccc(N3CC4CC(C3)N4Cc3ccc4c(c3)CCO4)nc2)c2cc[nH]c2n1. The van der Waals surface area contributed by atoms with Crippen molar-refractivity contribution in [3.8, 4) is 17.0 Å².